The summed E-state index contributed by atoms with van der Waals surface area (Å²) in [6.07, 6.45) is -0.931. The number of aryl methyl sites for hydroxylation is 1. The molecule has 0 aromatic heterocycles. The van der Waals surface area contributed by atoms with E-state index >= 15 is 0 Å². The predicted molar refractivity (Wildman–Crippen MR) is 49.7 cm³/mol. The molecule has 0 amide bonds. The van der Waals surface area contributed by atoms with E-state index in [1.807, 2.05) is 6.92 Å². The van der Waals surface area contributed by atoms with Crippen LogP contribution in [0.1, 0.15) is 24.2 Å². The SMILES string of the molecule is Cc1ccc(F)c([C@@H](O)[C@H](C)N)c1. The number of halogens is 1. The maximum atomic E-state index is 13.2. The first-order chi connectivity index (χ1) is 6.02. The third-order valence-corrected chi connectivity index (χ3v) is 1.97. The zero-order chi connectivity index (χ0) is 10.0. The van der Waals surface area contributed by atoms with Gasteiger partial charge in [0.2, 0.25) is 0 Å². The summed E-state index contributed by atoms with van der Waals surface area (Å²) < 4.78 is 13.2. The highest BCUT2D eigenvalue weighted by molar-refractivity contribution is 5.26. The second-order valence-electron chi connectivity index (χ2n) is 3.33. The number of rotatable bonds is 2. The van der Waals surface area contributed by atoms with E-state index in [2.05, 4.69) is 0 Å². The summed E-state index contributed by atoms with van der Waals surface area (Å²) >= 11 is 0. The summed E-state index contributed by atoms with van der Waals surface area (Å²) in [4.78, 5) is 0. The summed E-state index contributed by atoms with van der Waals surface area (Å²) in [5.74, 6) is -0.407. The Kier molecular flexibility index (Phi) is 3.01. The number of aliphatic hydroxyl groups is 1. The standard InChI is InChI=1S/C10H14FNO/c1-6-3-4-9(11)8(5-6)10(13)7(2)12/h3-5,7,10,13H,12H2,1-2H3/t7-,10-/m0/s1. The Balaban J connectivity index is 3.05. The van der Waals surface area contributed by atoms with Crippen molar-refractivity contribution in [3.05, 3.63) is 35.1 Å². The second kappa shape index (κ2) is 3.85. The van der Waals surface area contributed by atoms with E-state index < -0.39 is 18.0 Å². The minimum atomic E-state index is -0.931. The molecule has 3 heteroatoms. The van der Waals surface area contributed by atoms with Gasteiger partial charge in [-0.2, -0.15) is 0 Å². The number of hydrogen-bond donors (Lipinski definition) is 2. The fourth-order valence-electron chi connectivity index (χ4n) is 1.17. The van der Waals surface area contributed by atoms with Crippen molar-refractivity contribution in [2.24, 2.45) is 5.73 Å². The van der Waals surface area contributed by atoms with Crippen LogP contribution in [0.25, 0.3) is 0 Å². The lowest BCUT2D eigenvalue weighted by atomic mass is 10.0. The van der Waals surface area contributed by atoms with Crippen molar-refractivity contribution >= 4 is 0 Å². The second-order valence-corrected chi connectivity index (χ2v) is 3.33. The lowest BCUT2D eigenvalue weighted by Crippen LogP contribution is -2.25. The van der Waals surface area contributed by atoms with Crippen molar-refractivity contribution in [2.45, 2.75) is 26.0 Å². The zero-order valence-electron chi connectivity index (χ0n) is 7.79. The fourth-order valence-corrected chi connectivity index (χ4v) is 1.17. The molecule has 1 aromatic rings. The molecule has 0 saturated heterocycles. The molecule has 72 valence electrons. The summed E-state index contributed by atoms with van der Waals surface area (Å²) in [5, 5.41) is 9.54. The molecule has 1 aromatic carbocycles. The van der Waals surface area contributed by atoms with Crippen molar-refractivity contribution in [1.29, 1.82) is 0 Å². The first-order valence-corrected chi connectivity index (χ1v) is 4.22. The maximum absolute atomic E-state index is 13.2. The lowest BCUT2D eigenvalue weighted by Gasteiger charge is -2.15. The lowest BCUT2D eigenvalue weighted by molar-refractivity contribution is 0.149. The first kappa shape index (κ1) is 10.2. The summed E-state index contributed by atoms with van der Waals surface area (Å²) in [6, 6.07) is 4.16. The van der Waals surface area contributed by atoms with E-state index in [0.717, 1.165) is 5.56 Å². The smallest absolute Gasteiger partial charge is 0.129 e. The molecule has 2 atom stereocenters. The van der Waals surface area contributed by atoms with E-state index in [0.29, 0.717) is 0 Å². The third kappa shape index (κ3) is 2.26. The quantitative estimate of drug-likeness (QED) is 0.730. The summed E-state index contributed by atoms with van der Waals surface area (Å²) in [6.45, 7) is 3.49. The van der Waals surface area contributed by atoms with Crippen molar-refractivity contribution in [1.82, 2.24) is 0 Å². The van der Waals surface area contributed by atoms with Gasteiger partial charge in [-0.1, -0.05) is 17.7 Å². The first-order valence-electron chi connectivity index (χ1n) is 4.22. The van der Waals surface area contributed by atoms with Gasteiger partial charge in [0, 0.05) is 11.6 Å². The van der Waals surface area contributed by atoms with Crippen LogP contribution in [0.5, 0.6) is 0 Å². The van der Waals surface area contributed by atoms with Crippen molar-refractivity contribution in [2.75, 3.05) is 0 Å². The van der Waals surface area contributed by atoms with Gasteiger partial charge in [-0.3, -0.25) is 0 Å². The third-order valence-electron chi connectivity index (χ3n) is 1.97. The molecular formula is C10H14FNO. The predicted octanol–water partition coefficient (Wildman–Crippen LogP) is 1.51. The van der Waals surface area contributed by atoms with Crippen LogP contribution in [0.4, 0.5) is 4.39 Å². The Bertz CT molecular complexity index is 299. The minimum absolute atomic E-state index is 0.273. The Labute approximate surface area is 77.2 Å². The van der Waals surface area contributed by atoms with E-state index in [1.54, 1.807) is 19.1 Å². The van der Waals surface area contributed by atoms with Gasteiger partial charge in [0.1, 0.15) is 5.82 Å². The largest absolute Gasteiger partial charge is 0.387 e. The van der Waals surface area contributed by atoms with Crippen LogP contribution in [0.3, 0.4) is 0 Å². The number of benzene rings is 1. The van der Waals surface area contributed by atoms with Crippen molar-refractivity contribution in [3.63, 3.8) is 0 Å². The Morgan fingerprint density at radius 3 is 2.62 bits per heavy atom. The van der Waals surface area contributed by atoms with Gasteiger partial charge < -0.3 is 10.8 Å². The van der Waals surface area contributed by atoms with E-state index in [1.165, 1.54) is 6.07 Å². The molecule has 0 radical (unpaired) electrons. The average Bonchev–Trinajstić information content (AvgIpc) is 2.08. The topological polar surface area (TPSA) is 46.2 Å². The minimum Gasteiger partial charge on any atom is -0.387 e. The highest BCUT2D eigenvalue weighted by Crippen LogP contribution is 2.20. The Morgan fingerprint density at radius 1 is 1.46 bits per heavy atom. The summed E-state index contributed by atoms with van der Waals surface area (Å²) in [5.41, 5.74) is 6.66. The van der Waals surface area contributed by atoms with E-state index in [9.17, 15) is 9.50 Å². The average molecular weight is 183 g/mol. The summed E-state index contributed by atoms with van der Waals surface area (Å²) in [7, 11) is 0. The van der Waals surface area contributed by atoms with Crippen molar-refractivity contribution < 1.29 is 9.50 Å². The molecule has 0 saturated carbocycles. The van der Waals surface area contributed by atoms with Crippen LogP contribution in [0.15, 0.2) is 18.2 Å². The molecule has 0 bridgehead atoms. The van der Waals surface area contributed by atoms with Gasteiger partial charge in [-0.05, 0) is 19.9 Å². The molecule has 0 aliphatic heterocycles. The molecule has 2 nitrogen and oxygen atoms in total. The van der Waals surface area contributed by atoms with Gasteiger partial charge in [0.15, 0.2) is 0 Å². The van der Waals surface area contributed by atoms with Crippen LogP contribution < -0.4 is 5.73 Å². The molecular weight excluding hydrogens is 169 g/mol. The van der Waals surface area contributed by atoms with Gasteiger partial charge in [-0.25, -0.2) is 4.39 Å². The molecule has 0 fully saturated rings. The molecule has 0 spiro atoms. The Morgan fingerprint density at radius 2 is 2.08 bits per heavy atom. The monoisotopic (exact) mass is 183 g/mol. The maximum Gasteiger partial charge on any atom is 0.129 e. The molecule has 1 rings (SSSR count). The van der Waals surface area contributed by atoms with Crippen LogP contribution in [0, 0.1) is 12.7 Å². The molecule has 3 N–H and O–H groups in total. The van der Waals surface area contributed by atoms with Crippen molar-refractivity contribution in [3.8, 4) is 0 Å². The highest BCUT2D eigenvalue weighted by Gasteiger charge is 2.16. The van der Waals surface area contributed by atoms with Crippen LogP contribution in [0.2, 0.25) is 0 Å². The van der Waals surface area contributed by atoms with Crippen LogP contribution in [-0.2, 0) is 0 Å². The van der Waals surface area contributed by atoms with E-state index in [4.69, 9.17) is 5.73 Å². The Hall–Kier alpha value is -0.930. The molecule has 13 heavy (non-hydrogen) atoms. The number of hydrogen-bond acceptors (Lipinski definition) is 2. The van der Waals surface area contributed by atoms with E-state index in [-0.39, 0.29) is 5.56 Å². The fraction of sp³-hybridized carbons (Fsp3) is 0.400. The number of aliphatic hydroxyl groups excluding tert-OH is 1. The van der Waals surface area contributed by atoms with Gasteiger partial charge in [0.05, 0.1) is 6.10 Å². The van der Waals surface area contributed by atoms with Gasteiger partial charge in [-0.15, -0.1) is 0 Å². The van der Waals surface area contributed by atoms with Crippen LogP contribution in [-0.4, -0.2) is 11.1 Å². The molecule has 0 unspecified atom stereocenters. The van der Waals surface area contributed by atoms with Gasteiger partial charge >= 0.3 is 0 Å². The highest BCUT2D eigenvalue weighted by atomic mass is 19.1. The van der Waals surface area contributed by atoms with Gasteiger partial charge in [0.25, 0.3) is 0 Å². The zero-order valence-corrected chi connectivity index (χ0v) is 7.79. The van der Waals surface area contributed by atoms with Crippen LogP contribution >= 0.6 is 0 Å². The molecule has 0 heterocycles. The molecule has 0 aliphatic rings. The normalized spacial score (nSPS) is 15.5. The molecule has 0 aliphatic carbocycles. The number of nitrogens with two attached hydrogens (primary N) is 1.